The van der Waals surface area contributed by atoms with Gasteiger partial charge in [-0.05, 0) is 52.9 Å². The van der Waals surface area contributed by atoms with E-state index in [2.05, 4.69) is 0 Å². The SMILES string of the molecule is CC(C)(C)OC(=O)CCC(C)(N)C1CCOCC1. The number of ether oxygens (including phenoxy) is 2. The molecular weight excluding hydrogens is 230 g/mol. The molecule has 0 aromatic rings. The van der Waals surface area contributed by atoms with Crippen molar-refractivity contribution in [2.24, 2.45) is 11.7 Å². The third-order valence-corrected chi connectivity index (χ3v) is 3.44. The number of hydrogen-bond donors (Lipinski definition) is 1. The summed E-state index contributed by atoms with van der Waals surface area (Å²) >= 11 is 0. The largest absolute Gasteiger partial charge is 0.460 e. The third-order valence-electron chi connectivity index (χ3n) is 3.44. The van der Waals surface area contributed by atoms with Crippen molar-refractivity contribution in [2.75, 3.05) is 13.2 Å². The summed E-state index contributed by atoms with van der Waals surface area (Å²) in [5.74, 6) is 0.278. The Labute approximate surface area is 110 Å². The maximum absolute atomic E-state index is 11.7. The predicted octanol–water partition coefficient (Wildman–Crippen LogP) is 2.25. The van der Waals surface area contributed by atoms with Crippen molar-refractivity contribution in [3.63, 3.8) is 0 Å². The van der Waals surface area contributed by atoms with Crippen LogP contribution < -0.4 is 5.73 Å². The van der Waals surface area contributed by atoms with E-state index < -0.39 is 5.60 Å². The van der Waals surface area contributed by atoms with E-state index in [1.807, 2.05) is 27.7 Å². The Balaban J connectivity index is 2.38. The smallest absolute Gasteiger partial charge is 0.306 e. The first-order valence-corrected chi connectivity index (χ1v) is 6.79. The average Bonchev–Trinajstić information content (AvgIpc) is 2.26. The number of carbonyl (C=O) groups is 1. The standard InChI is InChI=1S/C14H27NO3/c1-13(2,3)18-12(16)5-8-14(4,15)11-6-9-17-10-7-11/h11H,5-10,15H2,1-4H3. The fourth-order valence-electron chi connectivity index (χ4n) is 2.33. The van der Waals surface area contributed by atoms with Crippen LogP contribution in [0.25, 0.3) is 0 Å². The van der Waals surface area contributed by atoms with E-state index >= 15 is 0 Å². The molecule has 4 nitrogen and oxygen atoms in total. The maximum atomic E-state index is 11.7. The predicted molar refractivity (Wildman–Crippen MR) is 71.2 cm³/mol. The van der Waals surface area contributed by atoms with Crippen LogP contribution in [0.15, 0.2) is 0 Å². The van der Waals surface area contributed by atoms with Gasteiger partial charge in [-0.25, -0.2) is 0 Å². The van der Waals surface area contributed by atoms with Crippen LogP contribution in [0.1, 0.15) is 53.4 Å². The monoisotopic (exact) mass is 257 g/mol. The molecule has 0 spiro atoms. The van der Waals surface area contributed by atoms with Gasteiger partial charge in [-0.2, -0.15) is 0 Å². The van der Waals surface area contributed by atoms with E-state index in [4.69, 9.17) is 15.2 Å². The van der Waals surface area contributed by atoms with Gasteiger partial charge in [-0.15, -0.1) is 0 Å². The number of hydrogen-bond acceptors (Lipinski definition) is 4. The van der Waals surface area contributed by atoms with Crippen molar-refractivity contribution in [3.05, 3.63) is 0 Å². The minimum absolute atomic E-state index is 0.161. The molecule has 0 saturated carbocycles. The highest BCUT2D eigenvalue weighted by Crippen LogP contribution is 2.29. The molecule has 1 atom stereocenters. The second-order valence-electron chi connectivity index (χ2n) is 6.48. The molecule has 0 amide bonds. The van der Waals surface area contributed by atoms with Crippen LogP contribution in [0, 0.1) is 5.92 Å². The van der Waals surface area contributed by atoms with Crippen molar-refractivity contribution in [3.8, 4) is 0 Å². The quantitative estimate of drug-likeness (QED) is 0.785. The number of nitrogens with two attached hydrogens (primary N) is 1. The van der Waals surface area contributed by atoms with E-state index in [1.54, 1.807) is 0 Å². The topological polar surface area (TPSA) is 61.5 Å². The molecule has 1 heterocycles. The normalized spacial score (nSPS) is 21.4. The fraction of sp³-hybridized carbons (Fsp3) is 0.929. The first kappa shape index (κ1) is 15.4. The number of carbonyl (C=O) groups excluding carboxylic acids is 1. The Bertz CT molecular complexity index is 275. The third kappa shape index (κ3) is 5.36. The second kappa shape index (κ2) is 6.02. The summed E-state index contributed by atoms with van der Waals surface area (Å²) in [6.45, 7) is 9.24. The van der Waals surface area contributed by atoms with Crippen molar-refractivity contribution in [1.82, 2.24) is 0 Å². The summed E-state index contributed by atoms with van der Waals surface area (Å²) in [6, 6.07) is 0. The molecular formula is C14H27NO3. The van der Waals surface area contributed by atoms with Crippen molar-refractivity contribution in [1.29, 1.82) is 0 Å². The van der Waals surface area contributed by atoms with Crippen molar-refractivity contribution in [2.45, 2.75) is 64.5 Å². The first-order valence-electron chi connectivity index (χ1n) is 6.79. The zero-order valence-electron chi connectivity index (χ0n) is 12.1. The second-order valence-corrected chi connectivity index (χ2v) is 6.48. The van der Waals surface area contributed by atoms with Crippen LogP contribution in [0.4, 0.5) is 0 Å². The first-order chi connectivity index (χ1) is 8.21. The van der Waals surface area contributed by atoms with Crippen molar-refractivity contribution >= 4 is 5.97 Å². The van der Waals surface area contributed by atoms with Crippen LogP contribution in [-0.2, 0) is 14.3 Å². The van der Waals surface area contributed by atoms with Crippen LogP contribution in [0.3, 0.4) is 0 Å². The summed E-state index contributed by atoms with van der Waals surface area (Å²) < 4.78 is 10.6. The summed E-state index contributed by atoms with van der Waals surface area (Å²) in [7, 11) is 0. The van der Waals surface area contributed by atoms with E-state index in [0.29, 0.717) is 18.8 Å². The molecule has 1 fully saturated rings. The van der Waals surface area contributed by atoms with Gasteiger partial charge in [0.2, 0.25) is 0 Å². The molecule has 1 unspecified atom stereocenters. The molecule has 1 aliphatic rings. The molecule has 4 heteroatoms. The lowest BCUT2D eigenvalue weighted by molar-refractivity contribution is -0.155. The zero-order valence-corrected chi connectivity index (χ0v) is 12.1. The lowest BCUT2D eigenvalue weighted by Gasteiger charge is -2.36. The molecule has 0 aromatic carbocycles. The van der Waals surface area contributed by atoms with Gasteiger partial charge < -0.3 is 15.2 Å². The van der Waals surface area contributed by atoms with Gasteiger partial charge in [-0.3, -0.25) is 4.79 Å². The van der Waals surface area contributed by atoms with Gasteiger partial charge in [0.05, 0.1) is 0 Å². The van der Waals surface area contributed by atoms with Gasteiger partial charge >= 0.3 is 5.97 Å². The van der Waals surface area contributed by atoms with Crippen LogP contribution in [0.2, 0.25) is 0 Å². The molecule has 106 valence electrons. The Morgan fingerprint density at radius 2 is 1.83 bits per heavy atom. The van der Waals surface area contributed by atoms with Gasteiger partial charge in [0.15, 0.2) is 0 Å². The molecule has 1 aliphatic heterocycles. The van der Waals surface area contributed by atoms with Crippen LogP contribution in [-0.4, -0.2) is 30.3 Å². The maximum Gasteiger partial charge on any atom is 0.306 e. The van der Waals surface area contributed by atoms with E-state index in [0.717, 1.165) is 26.1 Å². The molecule has 1 saturated heterocycles. The van der Waals surface area contributed by atoms with Crippen LogP contribution >= 0.6 is 0 Å². The van der Waals surface area contributed by atoms with Crippen molar-refractivity contribution < 1.29 is 14.3 Å². The Kier molecular flexibility index (Phi) is 5.17. The minimum atomic E-state index is -0.416. The fourth-order valence-corrected chi connectivity index (χ4v) is 2.33. The van der Waals surface area contributed by atoms with Gasteiger partial charge in [0.25, 0.3) is 0 Å². The Morgan fingerprint density at radius 3 is 2.33 bits per heavy atom. The Morgan fingerprint density at radius 1 is 1.28 bits per heavy atom. The Hall–Kier alpha value is -0.610. The van der Waals surface area contributed by atoms with Gasteiger partial charge in [0, 0.05) is 25.2 Å². The van der Waals surface area contributed by atoms with E-state index in [1.165, 1.54) is 0 Å². The van der Waals surface area contributed by atoms with E-state index in [9.17, 15) is 4.79 Å². The number of rotatable bonds is 4. The lowest BCUT2D eigenvalue weighted by Crippen LogP contribution is -2.47. The van der Waals surface area contributed by atoms with Crippen LogP contribution in [0.5, 0.6) is 0 Å². The molecule has 18 heavy (non-hydrogen) atoms. The zero-order chi connectivity index (χ0) is 13.8. The molecule has 0 bridgehead atoms. The minimum Gasteiger partial charge on any atom is -0.460 e. The summed E-state index contributed by atoms with van der Waals surface area (Å²) in [5, 5.41) is 0. The van der Waals surface area contributed by atoms with Gasteiger partial charge in [0.1, 0.15) is 5.60 Å². The van der Waals surface area contributed by atoms with Gasteiger partial charge in [-0.1, -0.05) is 0 Å². The average molecular weight is 257 g/mol. The van der Waals surface area contributed by atoms with E-state index in [-0.39, 0.29) is 11.5 Å². The highest BCUT2D eigenvalue weighted by molar-refractivity contribution is 5.69. The lowest BCUT2D eigenvalue weighted by atomic mass is 9.78. The molecule has 1 rings (SSSR count). The number of esters is 1. The molecule has 2 N–H and O–H groups in total. The summed E-state index contributed by atoms with van der Waals surface area (Å²) in [6.07, 6.45) is 3.04. The molecule has 0 aromatic heterocycles. The highest BCUT2D eigenvalue weighted by atomic mass is 16.6. The molecule has 0 aliphatic carbocycles. The summed E-state index contributed by atoms with van der Waals surface area (Å²) in [5.41, 5.74) is 5.62. The summed E-state index contributed by atoms with van der Waals surface area (Å²) in [4.78, 5) is 11.7. The molecule has 0 radical (unpaired) electrons. The highest BCUT2D eigenvalue weighted by Gasteiger charge is 2.32.